The summed E-state index contributed by atoms with van der Waals surface area (Å²) in [7, 11) is 0. The van der Waals surface area contributed by atoms with Crippen LogP contribution in [0, 0.1) is 23.7 Å². The van der Waals surface area contributed by atoms with Crippen molar-refractivity contribution in [2.45, 2.75) is 37.9 Å². The van der Waals surface area contributed by atoms with Crippen LogP contribution >= 0.6 is 0 Å². The van der Waals surface area contributed by atoms with Gasteiger partial charge in [-0.15, -0.1) is 0 Å². The molecule has 1 heterocycles. The van der Waals surface area contributed by atoms with E-state index in [1.807, 2.05) is 0 Å². The summed E-state index contributed by atoms with van der Waals surface area (Å²) in [6, 6.07) is 0. The van der Waals surface area contributed by atoms with Crippen LogP contribution in [0.4, 0.5) is 0 Å². The number of rotatable bonds is 0. The molecule has 4 fully saturated rings. The zero-order valence-corrected chi connectivity index (χ0v) is 8.58. The van der Waals surface area contributed by atoms with Gasteiger partial charge in [0.25, 0.3) is 0 Å². The maximum atomic E-state index is 6.02. The lowest BCUT2D eigenvalue weighted by molar-refractivity contribution is -0.381. The van der Waals surface area contributed by atoms with Crippen molar-refractivity contribution in [3.63, 3.8) is 0 Å². The Morgan fingerprint density at radius 3 is 2.64 bits per heavy atom. The Bertz CT molecular complexity index is 249. The first-order valence-electron chi connectivity index (χ1n) is 6.18. The largest absolute Gasteiger partial charge is 0.349 e. The molecule has 4 aliphatic rings. The van der Waals surface area contributed by atoms with E-state index < -0.39 is 0 Å². The van der Waals surface area contributed by atoms with Crippen molar-refractivity contribution in [1.29, 1.82) is 0 Å². The van der Waals surface area contributed by atoms with Gasteiger partial charge in [0.2, 0.25) is 0 Å². The number of fused-ring (bicyclic) bond motifs is 3. The number of hydrogen-bond donors (Lipinski definition) is 0. The molecule has 1 spiro atoms. The highest BCUT2D eigenvalue weighted by molar-refractivity contribution is 5.12. The quantitative estimate of drug-likeness (QED) is 0.588. The average Bonchev–Trinajstić information content (AvgIpc) is 2.45. The molecule has 1 saturated heterocycles. The molecule has 14 heavy (non-hydrogen) atoms. The minimum Gasteiger partial charge on any atom is -0.349 e. The fourth-order valence-corrected chi connectivity index (χ4v) is 4.60. The molecule has 1 aliphatic heterocycles. The number of ether oxygens (including phenoxy) is 2. The summed E-state index contributed by atoms with van der Waals surface area (Å²) in [4.78, 5) is 0. The van der Waals surface area contributed by atoms with E-state index in [9.17, 15) is 0 Å². The lowest BCUT2D eigenvalue weighted by Gasteiger charge is -2.59. The molecule has 0 unspecified atom stereocenters. The van der Waals surface area contributed by atoms with Gasteiger partial charge < -0.3 is 9.47 Å². The van der Waals surface area contributed by atoms with Crippen molar-refractivity contribution in [2.75, 3.05) is 13.2 Å². The van der Waals surface area contributed by atoms with Crippen LogP contribution in [0.5, 0.6) is 0 Å². The Hall–Kier alpha value is -0.0800. The second-order valence-electron chi connectivity index (χ2n) is 5.56. The first-order chi connectivity index (χ1) is 6.90. The summed E-state index contributed by atoms with van der Waals surface area (Å²) >= 11 is 0. The lowest BCUT2D eigenvalue weighted by atomic mass is 9.58. The van der Waals surface area contributed by atoms with Crippen molar-refractivity contribution in [3.05, 3.63) is 0 Å². The summed E-state index contributed by atoms with van der Waals surface area (Å²) in [5, 5.41) is 0. The molecule has 0 radical (unpaired) electrons. The Balaban J connectivity index is 1.68. The van der Waals surface area contributed by atoms with E-state index >= 15 is 0 Å². The van der Waals surface area contributed by atoms with Crippen molar-refractivity contribution in [2.24, 2.45) is 23.7 Å². The van der Waals surface area contributed by atoms with Gasteiger partial charge >= 0.3 is 0 Å². The summed E-state index contributed by atoms with van der Waals surface area (Å²) in [6.07, 6.45) is 6.76. The highest BCUT2D eigenvalue weighted by Crippen LogP contribution is 2.67. The second-order valence-corrected chi connectivity index (χ2v) is 5.56. The third-order valence-corrected chi connectivity index (χ3v) is 5.09. The monoisotopic (exact) mass is 194 g/mol. The fraction of sp³-hybridized carbons (Fsp3) is 1.00. The Kier molecular flexibility index (Phi) is 1.47. The summed E-state index contributed by atoms with van der Waals surface area (Å²) in [5.41, 5.74) is 0. The number of hydrogen-bond acceptors (Lipinski definition) is 2. The molecular formula is C12H18O2. The molecule has 0 aromatic carbocycles. The van der Waals surface area contributed by atoms with Crippen LogP contribution in [-0.4, -0.2) is 19.0 Å². The lowest BCUT2D eigenvalue weighted by Crippen LogP contribution is -2.65. The predicted molar refractivity (Wildman–Crippen MR) is 51.7 cm³/mol. The first-order valence-corrected chi connectivity index (χ1v) is 6.18. The van der Waals surface area contributed by atoms with Crippen molar-refractivity contribution in [3.8, 4) is 0 Å². The first kappa shape index (κ1) is 8.12. The molecule has 4 rings (SSSR count). The molecular weight excluding hydrogens is 176 g/mol. The molecule has 2 nitrogen and oxygen atoms in total. The molecule has 2 heteroatoms. The van der Waals surface area contributed by atoms with E-state index in [0.29, 0.717) is 0 Å². The SMILES string of the molecule is C1COC2(OC1)[C@@H]1CC[C@H]3C[C@@H]1[C@@H]2C3. The van der Waals surface area contributed by atoms with Crippen LogP contribution in [-0.2, 0) is 9.47 Å². The maximum absolute atomic E-state index is 6.02. The van der Waals surface area contributed by atoms with E-state index in [1.165, 1.54) is 25.7 Å². The van der Waals surface area contributed by atoms with Gasteiger partial charge in [-0.3, -0.25) is 0 Å². The van der Waals surface area contributed by atoms with Crippen LogP contribution in [0.2, 0.25) is 0 Å². The topological polar surface area (TPSA) is 18.5 Å². The van der Waals surface area contributed by atoms with E-state index in [0.717, 1.165) is 43.3 Å². The molecule has 3 aliphatic carbocycles. The van der Waals surface area contributed by atoms with Crippen LogP contribution in [0.15, 0.2) is 0 Å². The molecule has 0 aromatic heterocycles. The van der Waals surface area contributed by atoms with Gasteiger partial charge in [-0.2, -0.15) is 0 Å². The fourth-order valence-electron chi connectivity index (χ4n) is 4.60. The van der Waals surface area contributed by atoms with Crippen LogP contribution in [0.3, 0.4) is 0 Å². The third kappa shape index (κ3) is 0.772. The minimum atomic E-state index is -0.0891. The molecule has 78 valence electrons. The molecule has 0 amide bonds. The van der Waals surface area contributed by atoms with Crippen LogP contribution < -0.4 is 0 Å². The van der Waals surface area contributed by atoms with Gasteiger partial charge in [0.1, 0.15) is 0 Å². The van der Waals surface area contributed by atoms with E-state index in [2.05, 4.69) is 0 Å². The van der Waals surface area contributed by atoms with Gasteiger partial charge in [-0.05, 0) is 43.9 Å². The molecule has 2 bridgehead atoms. The van der Waals surface area contributed by atoms with Crippen molar-refractivity contribution in [1.82, 2.24) is 0 Å². The van der Waals surface area contributed by atoms with E-state index in [4.69, 9.17) is 9.47 Å². The summed E-state index contributed by atoms with van der Waals surface area (Å²) in [5.74, 6) is 3.40. The van der Waals surface area contributed by atoms with Gasteiger partial charge in [0.15, 0.2) is 5.79 Å². The van der Waals surface area contributed by atoms with Crippen molar-refractivity contribution >= 4 is 0 Å². The smallest absolute Gasteiger partial charge is 0.174 e. The predicted octanol–water partition coefficient (Wildman–Crippen LogP) is 2.19. The minimum absolute atomic E-state index is 0.0891. The van der Waals surface area contributed by atoms with Gasteiger partial charge in [0, 0.05) is 11.8 Å². The Labute approximate surface area is 85.0 Å². The summed E-state index contributed by atoms with van der Waals surface area (Å²) < 4.78 is 12.0. The van der Waals surface area contributed by atoms with Crippen LogP contribution in [0.25, 0.3) is 0 Å². The zero-order valence-electron chi connectivity index (χ0n) is 8.58. The van der Waals surface area contributed by atoms with Gasteiger partial charge in [0.05, 0.1) is 13.2 Å². The Morgan fingerprint density at radius 2 is 1.79 bits per heavy atom. The summed E-state index contributed by atoms with van der Waals surface area (Å²) in [6.45, 7) is 1.87. The van der Waals surface area contributed by atoms with Crippen LogP contribution in [0.1, 0.15) is 32.1 Å². The normalized spacial score (nSPS) is 53.1. The standard InChI is InChI=1S/C12H18O2/c1-4-13-12(14-5-1)10-3-2-8-6-9(10)11(12)7-8/h8-11H,1-7H2/t8-,9-,10+,11-/m0/s1. The van der Waals surface area contributed by atoms with Gasteiger partial charge in [-0.25, -0.2) is 0 Å². The zero-order chi connectivity index (χ0) is 9.17. The van der Waals surface area contributed by atoms with Crippen molar-refractivity contribution < 1.29 is 9.47 Å². The van der Waals surface area contributed by atoms with Gasteiger partial charge in [-0.1, -0.05) is 0 Å². The maximum Gasteiger partial charge on any atom is 0.174 e. The van der Waals surface area contributed by atoms with E-state index in [1.54, 1.807) is 0 Å². The van der Waals surface area contributed by atoms with E-state index in [-0.39, 0.29) is 5.79 Å². The second kappa shape index (κ2) is 2.53. The molecule has 4 atom stereocenters. The molecule has 0 aromatic rings. The average molecular weight is 194 g/mol. The molecule has 3 saturated carbocycles. The third-order valence-electron chi connectivity index (χ3n) is 5.09. The highest BCUT2D eigenvalue weighted by Gasteiger charge is 2.69. The molecule has 0 N–H and O–H groups in total. The highest BCUT2D eigenvalue weighted by atomic mass is 16.7. The Morgan fingerprint density at radius 1 is 0.929 bits per heavy atom.